The van der Waals surface area contributed by atoms with Crippen molar-refractivity contribution in [3.05, 3.63) is 75.2 Å². The Hall–Kier alpha value is -3.60. The highest BCUT2D eigenvalue weighted by Gasteiger charge is 2.40. The third-order valence-electron chi connectivity index (χ3n) is 5.76. The van der Waals surface area contributed by atoms with Gasteiger partial charge >= 0.3 is 17.8 Å². The highest BCUT2D eigenvalue weighted by Crippen LogP contribution is 2.37. The zero-order chi connectivity index (χ0) is 25.5. The minimum Gasteiger partial charge on any atom is -0.479 e. The van der Waals surface area contributed by atoms with E-state index in [9.17, 15) is 32.7 Å². The summed E-state index contributed by atoms with van der Waals surface area (Å²) in [5.41, 5.74) is -3.45. The first kappa shape index (κ1) is 24.5. The standard InChI is InChI=1S/C23H20ClF3N4O4/c1-22(20(33)34,14-3-2-4-15(11-14)23(25,26)27)28-18(32)12-30-21(35)31(17-9-10-17)19(29-30)13-5-7-16(24)8-6-13/h2-8,11,17H,9-10,12H2,1H3,(H,28,32)(H,33,34). The highest BCUT2D eigenvalue weighted by atomic mass is 35.5. The summed E-state index contributed by atoms with van der Waals surface area (Å²) in [5, 5.41) is 16.8. The van der Waals surface area contributed by atoms with E-state index in [1.807, 2.05) is 0 Å². The monoisotopic (exact) mass is 508 g/mol. The van der Waals surface area contributed by atoms with Gasteiger partial charge in [0.05, 0.1) is 5.56 Å². The van der Waals surface area contributed by atoms with Gasteiger partial charge in [0.25, 0.3) is 0 Å². The SMILES string of the molecule is CC(NC(=O)Cn1nc(-c2ccc(Cl)cc2)n(C2CC2)c1=O)(C(=O)O)c1cccc(C(F)(F)F)c1. The van der Waals surface area contributed by atoms with Gasteiger partial charge in [-0.1, -0.05) is 23.7 Å². The number of amides is 1. The highest BCUT2D eigenvalue weighted by molar-refractivity contribution is 6.30. The Labute approximate surface area is 201 Å². The third-order valence-corrected chi connectivity index (χ3v) is 6.01. The molecule has 1 atom stereocenters. The maximum Gasteiger partial charge on any atom is 0.416 e. The minimum atomic E-state index is -4.69. The number of halogens is 4. The number of hydrogen-bond donors (Lipinski definition) is 2. The van der Waals surface area contributed by atoms with Crippen LogP contribution in [0, 0.1) is 0 Å². The van der Waals surface area contributed by atoms with Crippen LogP contribution in [-0.4, -0.2) is 31.3 Å². The fourth-order valence-corrected chi connectivity index (χ4v) is 3.82. The van der Waals surface area contributed by atoms with Crippen LogP contribution in [0.4, 0.5) is 13.2 Å². The van der Waals surface area contributed by atoms with Crippen LogP contribution in [0.25, 0.3) is 11.4 Å². The maximum absolute atomic E-state index is 13.1. The fraction of sp³-hybridized carbons (Fsp3) is 0.304. The van der Waals surface area contributed by atoms with Crippen molar-refractivity contribution >= 4 is 23.5 Å². The summed E-state index contributed by atoms with van der Waals surface area (Å²) in [6.45, 7) is 0.453. The van der Waals surface area contributed by atoms with Crippen LogP contribution in [0.3, 0.4) is 0 Å². The van der Waals surface area contributed by atoms with Crippen LogP contribution in [0.15, 0.2) is 53.3 Å². The van der Waals surface area contributed by atoms with Crippen LogP contribution in [0.1, 0.15) is 36.9 Å². The normalized spacial score (nSPS) is 15.5. The fourth-order valence-electron chi connectivity index (χ4n) is 3.69. The largest absolute Gasteiger partial charge is 0.479 e. The first-order chi connectivity index (χ1) is 16.4. The Morgan fingerprint density at radius 2 is 1.77 bits per heavy atom. The zero-order valence-corrected chi connectivity index (χ0v) is 19.1. The van der Waals surface area contributed by atoms with Crippen molar-refractivity contribution in [1.82, 2.24) is 19.7 Å². The van der Waals surface area contributed by atoms with Gasteiger partial charge in [-0.2, -0.15) is 13.2 Å². The number of nitrogens with zero attached hydrogens (tertiary/aromatic N) is 3. The van der Waals surface area contributed by atoms with E-state index in [4.69, 9.17) is 11.6 Å². The summed E-state index contributed by atoms with van der Waals surface area (Å²) in [7, 11) is 0. The van der Waals surface area contributed by atoms with Crippen molar-refractivity contribution < 1.29 is 27.9 Å². The molecule has 0 spiro atoms. The van der Waals surface area contributed by atoms with Crippen molar-refractivity contribution in [2.75, 3.05) is 0 Å². The van der Waals surface area contributed by atoms with Crippen LogP contribution < -0.4 is 11.0 Å². The second-order valence-electron chi connectivity index (χ2n) is 8.43. The molecule has 3 aromatic rings. The van der Waals surface area contributed by atoms with Crippen LogP contribution >= 0.6 is 11.6 Å². The quantitative estimate of drug-likeness (QED) is 0.504. The smallest absolute Gasteiger partial charge is 0.416 e. The molecule has 184 valence electrons. The topological polar surface area (TPSA) is 106 Å². The van der Waals surface area contributed by atoms with Gasteiger partial charge in [-0.15, -0.1) is 5.10 Å². The van der Waals surface area contributed by atoms with Crippen molar-refractivity contribution in [3.63, 3.8) is 0 Å². The molecule has 1 aromatic heterocycles. The van der Waals surface area contributed by atoms with Crippen molar-refractivity contribution in [3.8, 4) is 11.4 Å². The number of hydrogen-bond acceptors (Lipinski definition) is 4. The molecule has 0 bridgehead atoms. The third kappa shape index (κ3) is 4.95. The summed E-state index contributed by atoms with van der Waals surface area (Å²) < 4.78 is 41.8. The molecule has 0 saturated heterocycles. The number of nitrogens with one attached hydrogen (secondary N) is 1. The van der Waals surface area contributed by atoms with Crippen molar-refractivity contribution in [2.45, 2.75) is 44.1 Å². The summed E-state index contributed by atoms with van der Waals surface area (Å²) in [4.78, 5) is 37.8. The molecule has 0 radical (unpaired) electrons. The summed E-state index contributed by atoms with van der Waals surface area (Å²) in [6, 6.07) is 10.3. The van der Waals surface area contributed by atoms with Crippen LogP contribution in [0.2, 0.25) is 5.02 Å². The predicted octanol–water partition coefficient (Wildman–Crippen LogP) is 3.84. The molecule has 8 nitrogen and oxygen atoms in total. The van der Waals surface area contributed by atoms with E-state index >= 15 is 0 Å². The minimum absolute atomic E-state index is 0.0700. The Kier molecular flexibility index (Phi) is 6.22. The summed E-state index contributed by atoms with van der Waals surface area (Å²) >= 11 is 5.93. The van der Waals surface area contributed by atoms with Gasteiger partial charge in [0.15, 0.2) is 11.4 Å². The molecule has 0 aliphatic heterocycles. The van der Waals surface area contributed by atoms with Crippen LogP contribution in [-0.2, 0) is 27.8 Å². The Morgan fingerprint density at radius 1 is 1.14 bits per heavy atom. The van der Waals surface area contributed by atoms with Gasteiger partial charge in [-0.05, 0) is 61.7 Å². The second-order valence-corrected chi connectivity index (χ2v) is 8.87. The van der Waals surface area contributed by atoms with Crippen molar-refractivity contribution in [1.29, 1.82) is 0 Å². The number of carbonyl (C=O) groups is 2. The molecule has 1 aliphatic carbocycles. The molecular weight excluding hydrogens is 489 g/mol. The zero-order valence-electron chi connectivity index (χ0n) is 18.3. The molecular formula is C23H20ClF3N4O4. The predicted molar refractivity (Wildman–Crippen MR) is 120 cm³/mol. The van der Waals surface area contributed by atoms with Gasteiger partial charge in [0.1, 0.15) is 6.54 Å². The molecule has 1 aliphatic rings. The Bertz CT molecular complexity index is 1350. The molecule has 35 heavy (non-hydrogen) atoms. The first-order valence-electron chi connectivity index (χ1n) is 10.6. The molecule has 1 amide bonds. The van der Waals surface area contributed by atoms with E-state index in [-0.39, 0.29) is 11.6 Å². The average Bonchev–Trinajstić information content (AvgIpc) is 3.58. The number of carbonyl (C=O) groups excluding carboxylic acids is 1. The molecule has 2 aromatic carbocycles. The van der Waals surface area contributed by atoms with E-state index in [0.717, 1.165) is 36.6 Å². The van der Waals surface area contributed by atoms with Crippen LogP contribution in [0.5, 0.6) is 0 Å². The number of carboxylic acid groups (broad SMARTS) is 1. The molecule has 1 fully saturated rings. The van der Waals surface area contributed by atoms with E-state index in [1.54, 1.807) is 24.3 Å². The number of carboxylic acids is 1. The Morgan fingerprint density at radius 3 is 2.34 bits per heavy atom. The Balaban J connectivity index is 1.63. The summed E-state index contributed by atoms with van der Waals surface area (Å²) in [5.74, 6) is -2.14. The van der Waals surface area contributed by atoms with Gasteiger partial charge in [-0.3, -0.25) is 9.36 Å². The van der Waals surface area contributed by atoms with E-state index in [0.29, 0.717) is 22.5 Å². The van der Waals surface area contributed by atoms with E-state index < -0.39 is 41.4 Å². The van der Waals surface area contributed by atoms with Gasteiger partial charge in [-0.25, -0.2) is 14.3 Å². The lowest BCUT2D eigenvalue weighted by Crippen LogP contribution is -2.51. The number of aromatic nitrogens is 3. The van der Waals surface area contributed by atoms with Gasteiger partial charge in [0.2, 0.25) is 5.91 Å². The first-order valence-corrected chi connectivity index (χ1v) is 11.0. The lowest BCUT2D eigenvalue weighted by atomic mass is 9.90. The molecule has 1 heterocycles. The van der Waals surface area contributed by atoms with Crippen molar-refractivity contribution in [2.24, 2.45) is 0 Å². The number of alkyl halides is 3. The number of rotatable bonds is 7. The van der Waals surface area contributed by atoms with E-state index in [1.165, 1.54) is 10.6 Å². The second kappa shape index (κ2) is 8.88. The molecule has 1 saturated carbocycles. The number of aliphatic carboxylic acids is 1. The van der Waals surface area contributed by atoms with Gasteiger partial charge in [0, 0.05) is 16.6 Å². The molecule has 2 N–H and O–H groups in total. The van der Waals surface area contributed by atoms with Gasteiger partial charge < -0.3 is 10.4 Å². The molecule has 1 unspecified atom stereocenters. The average molecular weight is 509 g/mol. The maximum atomic E-state index is 13.1. The lowest BCUT2D eigenvalue weighted by Gasteiger charge is -2.27. The summed E-state index contributed by atoms with van der Waals surface area (Å²) in [6.07, 6.45) is -3.16. The molecule has 4 rings (SSSR count). The van der Waals surface area contributed by atoms with E-state index in [2.05, 4.69) is 10.4 Å². The molecule has 12 heteroatoms. The lowest BCUT2D eigenvalue weighted by molar-refractivity contribution is -0.147. The number of benzene rings is 2.